The predicted molar refractivity (Wildman–Crippen MR) is 64.2 cm³/mol. The largest absolute Gasteiger partial charge is 0.354 e. The van der Waals surface area contributed by atoms with Gasteiger partial charge in [-0.15, -0.1) is 0 Å². The molecule has 1 heterocycles. The van der Waals surface area contributed by atoms with Crippen LogP contribution in [0.15, 0.2) is 30.3 Å². The van der Waals surface area contributed by atoms with Crippen LogP contribution in [0.25, 0.3) is 0 Å². The van der Waals surface area contributed by atoms with Gasteiger partial charge in [0.05, 0.1) is 0 Å². The van der Waals surface area contributed by atoms with Gasteiger partial charge in [0.2, 0.25) is 5.91 Å². The first kappa shape index (κ1) is 11.1. The van der Waals surface area contributed by atoms with Gasteiger partial charge in [-0.3, -0.25) is 4.79 Å². The molecule has 0 bridgehead atoms. The Morgan fingerprint density at radius 2 is 2.12 bits per heavy atom. The van der Waals surface area contributed by atoms with Gasteiger partial charge in [-0.2, -0.15) is 0 Å². The molecule has 0 spiro atoms. The van der Waals surface area contributed by atoms with Crippen LogP contribution in [-0.4, -0.2) is 25.0 Å². The van der Waals surface area contributed by atoms with E-state index >= 15 is 0 Å². The Kier molecular flexibility index (Phi) is 3.94. The molecule has 3 nitrogen and oxygen atoms in total. The van der Waals surface area contributed by atoms with Crippen LogP contribution in [0.2, 0.25) is 0 Å². The van der Waals surface area contributed by atoms with E-state index in [1.165, 1.54) is 5.56 Å². The molecule has 3 heteroatoms. The maximum absolute atomic E-state index is 11.0. The highest BCUT2D eigenvalue weighted by Gasteiger charge is 2.19. The molecule has 0 aliphatic carbocycles. The van der Waals surface area contributed by atoms with Crippen molar-refractivity contribution in [3.05, 3.63) is 35.9 Å². The number of benzene rings is 1. The topological polar surface area (TPSA) is 41.1 Å². The molecule has 16 heavy (non-hydrogen) atoms. The molecule has 1 amide bonds. The number of carbonyl (C=O) groups excluding carboxylic acids is 1. The van der Waals surface area contributed by atoms with Crippen LogP contribution in [0.4, 0.5) is 0 Å². The number of rotatable bonds is 5. The van der Waals surface area contributed by atoms with Gasteiger partial charge in [-0.05, 0) is 24.9 Å². The zero-order valence-electron chi connectivity index (χ0n) is 9.41. The van der Waals surface area contributed by atoms with Gasteiger partial charge in [0.1, 0.15) is 0 Å². The van der Waals surface area contributed by atoms with Crippen molar-refractivity contribution in [1.29, 1.82) is 0 Å². The molecule has 1 aliphatic rings. The first-order chi connectivity index (χ1) is 7.84. The van der Waals surface area contributed by atoms with Crippen molar-refractivity contribution in [2.45, 2.75) is 25.3 Å². The van der Waals surface area contributed by atoms with Crippen molar-refractivity contribution in [3.63, 3.8) is 0 Å². The Labute approximate surface area is 96.2 Å². The van der Waals surface area contributed by atoms with Crippen LogP contribution >= 0.6 is 0 Å². The van der Waals surface area contributed by atoms with Gasteiger partial charge in [0, 0.05) is 19.0 Å². The molecule has 1 fully saturated rings. The van der Waals surface area contributed by atoms with E-state index < -0.39 is 0 Å². The fourth-order valence-electron chi connectivity index (χ4n) is 1.99. The summed E-state index contributed by atoms with van der Waals surface area (Å²) in [5, 5.41) is 6.23. The third-order valence-electron chi connectivity index (χ3n) is 2.90. The minimum atomic E-state index is 0.167. The van der Waals surface area contributed by atoms with Gasteiger partial charge in [-0.1, -0.05) is 30.3 Å². The predicted octanol–water partition coefficient (Wildman–Crippen LogP) is 1.10. The normalized spacial score (nSPS) is 19.8. The molecule has 1 aromatic carbocycles. The van der Waals surface area contributed by atoms with E-state index in [0.717, 1.165) is 25.9 Å². The Morgan fingerprint density at radius 1 is 1.31 bits per heavy atom. The summed E-state index contributed by atoms with van der Waals surface area (Å²) < 4.78 is 0. The highest BCUT2D eigenvalue weighted by molar-refractivity contribution is 5.78. The second-order valence-electron chi connectivity index (χ2n) is 4.25. The molecule has 1 aromatic rings. The minimum Gasteiger partial charge on any atom is -0.354 e. The van der Waals surface area contributed by atoms with Crippen LogP contribution in [0.1, 0.15) is 18.4 Å². The van der Waals surface area contributed by atoms with Gasteiger partial charge < -0.3 is 10.6 Å². The molecule has 1 unspecified atom stereocenters. The lowest BCUT2D eigenvalue weighted by molar-refractivity contribution is -0.119. The second kappa shape index (κ2) is 5.66. The molecular weight excluding hydrogens is 200 g/mol. The average Bonchev–Trinajstić information content (AvgIpc) is 2.72. The molecule has 2 rings (SSSR count). The number of carbonyl (C=O) groups is 1. The second-order valence-corrected chi connectivity index (χ2v) is 4.25. The average molecular weight is 218 g/mol. The lowest BCUT2D eigenvalue weighted by Gasteiger charge is -2.09. The van der Waals surface area contributed by atoms with Crippen molar-refractivity contribution in [3.8, 4) is 0 Å². The molecule has 86 valence electrons. The van der Waals surface area contributed by atoms with Crippen LogP contribution < -0.4 is 10.6 Å². The number of aryl methyl sites for hydroxylation is 1. The summed E-state index contributed by atoms with van der Waals surface area (Å²) in [5.41, 5.74) is 1.38. The third-order valence-corrected chi connectivity index (χ3v) is 2.90. The SMILES string of the molecule is O=C1CC(NCCCc2ccccc2)CN1. The van der Waals surface area contributed by atoms with E-state index in [1.807, 2.05) is 6.07 Å². The summed E-state index contributed by atoms with van der Waals surface area (Å²) in [6, 6.07) is 10.8. The van der Waals surface area contributed by atoms with E-state index in [2.05, 4.69) is 34.9 Å². The molecule has 0 saturated carbocycles. The van der Waals surface area contributed by atoms with Gasteiger partial charge in [0.25, 0.3) is 0 Å². The van der Waals surface area contributed by atoms with Crippen LogP contribution in [0.5, 0.6) is 0 Å². The minimum absolute atomic E-state index is 0.167. The first-order valence-electron chi connectivity index (χ1n) is 5.88. The van der Waals surface area contributed by atoms with Crippen molar-refractivity contribution >= 4 is 5.91 Å². The zero-order valence-corrected chi connectivity index (χ0v) is 9.41. The molecule has 1 aliphatic heterocycles. The van der Waals surface area contributed by atoms with E-state index in [-0.39, 0.29) is 5.91 Å². The van der Waals surface area contributed by atoms with Crippen molar-refractivity contribution < 1.29 is 4.79 Å². The Bertz CT molecular complexity index is 337. The quantitative estimate of drug-likeness (QED) is 0.727. The van der Waals surface area contributed by atoms with E-state index in [1.54, 1.807) is 0 Å². The monoisotopic (exact) mass is 218 g/mol. The van der Waals surface area contributed by atoms with E-state index in [4.69, 9.17) is 0 Å². The summed E-state index contributed by atoms with van der Waals surface area (Å²) in [6.07, 6.45) is 2.85. The number of amides is 1. The van der Waals surface area contributed by atoms with Crippen LogP contribution in [0.3, 0.4) is 0 Å². The Balaban J connectivity index is 1.60. The molecule has 0 aromatic heterocycles. The van der Waals surface area contributed by atoms with Crippen molar-refractivity contribution in [1.82, 2.24) is 10.6 Å². The summed E-state index contributed by atoms with van der Waals surface area (Å²) in [7, 11) is 0. The molecule has 2 N–H and O–H groups in total. The number of hydrogen-bond donors (Lipinski definition) is 2. The van der Waals surface area contributed by atoms with Crippen molar-refractivity contribution in [2.75, 3.05) is 13.1 Å². The molecule has 1 atom stereocenters. The van der Waals surface area contributed by atoms with Gasteiger partial charge in [-0.25, -0.2) is 0 Å². The first-order valence-corrected chi connectivity index (χ1v) is 5.88. The van der Waals surface area contributed by atoms with E-state index in [0.29, 0.717) is 12.5 Å². The third kappa shape index (κ3) is 3.35. The Hall–Kier alpha value is -1.35. The maximum Gasteiger partial charge on any atom is 0.221 e. The van der Waals surface area contributed by atoms with E-state index in [9.17, 15) is 4.79 Å². The standard InChI is InChI=1S/C13H18N2O/c16-13-9-12(10-15-13)14-8-4-7-11-5-2-1-3-6-11/h1-3,5-6,12,14H,4,7-10H2,(H,15,16). The summed E-state index contributed by atoms with van der Waals surface area (Å²) >= 11 is 0. The number of hydrogen-bond acceptors (Lipinski definition) is 2. The summed E-state index contributed by atoms with van der Waals surface area (Å²) in [6.45, 7) is 1.76. The molecule has 1 saturated heterocycles. The van der Waals surface area contributed by atoms with Crippen LogP contribution in [0, 0.1) is 0 Å². The molecule has 0 radical (unpaired) electrons. The lowest BCUT2D eigenvalue weighted by Crippen LogP contribution is -2.31. The number of nitrogens with one attached hydrogen (secondary N) is 2. The summed E-state index contributed by atoms with van der Waals surface area (Å²) in [4.78, 5) is 11.0. The zero-order chi connectivity index (χ0) is 11.2. The summed E-state index contributed by atoms with van der Waals surface area (Å²) in [5.74, 6) is 0.167. The maximum atomic E-state index is 11.0. The Morgan fingerprint density at radius 3 is 2.81 bits per heavy atom. The molecular formula is C13H18N2O. The highest BCUT2D eigenvalue weighted by Crippen LogP contribution is 2.03. The lowest BCUT2D eigenvalue weighted by atomic mass is 10.1. The highest BCUT2D eigenvalue weighted by atomic mass is 16.1. The van der Waals surface area contributed by atoms with Crippen molar-refractivity contribution in [2.24, 2.45) is 0 Å². The smallest absolute Gasteiger partial charge is 0.221 e. The van der Waals surface area contributed by atoms with Gasteiger partial charge in [0.15, 0.2) is 0 Å². The van der Waals surface area contributed by atoms with Gasteiger partial charge >= 0.3 is 0 Å². The fourth-order valence-corrected chi connectivity index (χ4v) is 1.99. The fraction of sp³-hybridized carbons (Fsp3) is 0.462. The van der Waals surface area contributed by atoms with Crippen LogP contribution in [-0.2, 0) is 11.2 Å².